The lowest BCUT2D eigenvalue weighted by Gasteiger charge is -2.32. The number of likely N-dealkylation sites (N-methyl/N-ethyl adjacent to an activating group) is 1. The van der Waals surface area contributed by atoms with Crippen molar-refractivity contribution >= 4 is 22.8 Å². The summed E-state index contributed by atoms with van der Waals surface area (Å²) in [7, 11) is 3.45. The molecule has 4 rings (SSSR count). The number of fused-ring (bicyclic) bond motifs is 3. The second-order valence-corrected chi connectivity index (χ2v) is 8.97. The molecule has 1 aromatic heterocycles. The molecule has 0 spiro atoms. The van der Waals surface area contributed by atoms with Gasteiger partial charge in [-0.15, -0.1) is 0 Å². The fourth-order valence-electron chi connectivity index (χ4n) is 5.16. The van der Waals surface area contributed by atoms with E-state index >= 15 is 0 Å². The van der Waals surface area contributed by atoms with Crippen LogP contribution < -0.4 is 4.74 Å². The van der Waals surface area contributed by atoms with Crippen molar-refractivity contribution in [1.29, 1.82) is 0 Å². The first kappa shape index (κ1) is 23.8. The number of carbonyl (C=O) groups is 2. The maximum atomic E-state index is 14.2. The van der Waals surface area contributed by atoms with Crippen LogP contribution in [-0.4, -0.2) is 46.6 Å². The SMILES string of the molecule is CCC(C(=O)O)n1c2c(c3cc(F)ccc31)C[C@@H](N(C)C(=O)CCc1cccc(OC)c1)CC2. The highest BCUT2D eigenvalue weighted by molar-refractivity contribution is 5.88. The number of hydrogen-bond donors (Lipinski definition) is 1. The Bertz CT molecular complexity index is 1220. The first-order valence-electron chi connectivity index (χ1n) is 11.8. The van der Waals surface area contributed by atoms with Gasteiger partial charge in [-0.1, -0.05) is 19.1 Å². The fraction of sp³-hybridized carbons (Fsp3) is 0.407. The number of rotatable bonds is 8. The standard InChI is InChI=1S/C27H31FN2O4/c1-4-23(27(32)33)30-24-11-9-18(28)15-21(24)22-16-19(10-12-25(22)30)29(2)26(31)13-8-17-6-5-7-20(14-17)34-3/h5-7,9,11,14-15,19,23H,4,8,10,12-13,16H2,1-3H3,(H,32,33)/t19-,23?/m0/s1. The second kappa shape index (κ2) is 9.87. The van der Waals surface area contributed by atoms with Crippen molar-refractivity contribution in [3.8, 4) is 5.75 Å². The van der Waals surface area contributed by atoms with Crippen LogP contribution in [0.1, 0.15) is 49.0 Å². The largest absolute Gasteiger partial charge is 0.497 e. The zero-order chi connectivity index (χ0) is 24.4. The molecular weight excluding hydrogens is 435 g/mol. The Hall–Kier alpha value is -3.35. The molecule has 1 unspecified atom stereocenters. The van der Waals surface area contributed by atoms with Crippen molar-refractivity contribution in [2.24, 2.45) is 0 Å². The molecule has 0 fully saturated rings. The zero-order valence-corrected chi connectivity index (χ0v) is 19.9. The average Bonchev–Trinajstić information content (AvgIpc) is 3.15. The van der Waals surface area contributed by atoms with Gasteiger partial charge >= 0.3 is 5.97 Å². The van der Waals surface area contributed by atoms with E-state index in [9.17, 15) is 19.1 Å². The summed E-state index contributed by atoms with van der Waals surface area (Å²) in [6, 6.07) is 11.6. The van der Waals surface area contributed by atoms with E-state index < -0.39 is 12.0 Å². The van der Waals surface area contributed by atoms with Crippen molar-refractivity contribution < 1.29 is 23.8 Å². The molecule has 180 valence electrons. The molecular formula is C27H31FN2O4. The van der Waals surface area contributed by atoms with E-state index in [2.05, 4.69) is 0 Å². The van der Waals surface area contributed by atoms with Gasteiger partial charge in [-0.25, -0.2) is 9.18 Å². The number of carboxylic acids is 1. The molecule has 3 aromatic rings. The van der Waals surface area contributed by atoms with Gasteiger partial charge in [0.25, 0.3) is 0 Å². The number of methoxy groups -OCH3 is 1. The molecule has 0 saturated carbocycles. The first-order valence-corrected chi connectivity index (χ1v) is 11.8. The van der Waals surface area contributed by atoms with E-state index in [1.54, 1.807) is 18.1 Å². The summed E-state index contributed by atoms with van der Waals surface area (Å²) >= 11 is 0. The Labute approximate surface area is 198 Å². The number of aryl methyl sites for hydroxylation is 1. The van der Waals surface area contributed by atoms with Crippen molar-refractivity contribution in [3.05, 3.63) is 65.1 Å². The number of aliphatic carboxylic acids is 1. The van der Waals surface area contributed by atoms with Gasteiger partial charge in [-0.05, 0) is 73.6 Å². The number of ether oxygens (including phenoxy) is 1. The van der Waals surface area contributed by atoms with Crippen LogP contribution in [0.15, 0.2) is 42.5 Å². The Morgan fingerprint density at radius 3 is 2.76 bits per heavy atom. The predicted molar refractivity (Wildman–Crippen MR) is 129 cm³/mol. The third-order valence-corrected chi connectivity index (χ3v) is 7.02. The fourth-order valence-corrected chi connectivity index (χ4v) is 5.16. The number of carbonyl (C=O) groups excluding carboxylic acids is 1. The van der Waals surface area contributed by atoms with E-state index in [-0.39, 0.29) is 17.8 Å². The summed E-state index contributed by atoms with van der Waals surface area (Å²) in [4.78, 5) is 26.8. The van der Waals surface area contributed by atoms with Crippen molar-refractivity contribution in [2.75, 3.05) is 14.2 Å². The Morgan fingerprint density at radius 1 is 1.26 bits per heavy atom. The van der Waals surface area contributed by atoms with Crippen LogP contribution in [0.25, 0.3) is 10.9 Å². The summed E-state index contributed by atoms with van der Waals surface area (Å²) in [6.07, 6.45) is 3.42. The first-order chi connectivity index (χ1) is 16.3. The topological polar surface area (TPSA) is 71.8 Å². The number of aromatic nitrogens is 1. The molecule has 34 heavy (non-hydrogen) atoms. The summed E-state index contributed by atoms with van der Waals surface area (Å²) in [5.74, 6) is -0.407. The van der Waals surface area contributed by atoms with Gasteiger partial charge in [0.15, 0.2) is 0 Å². The molecule has 2 atom stereocenters. The molecule has 1 aliphatic rings. The molecule has 1 aliphatic carbocycles. The molecule has 0 saturated heterocycles. The maximum Gasteiger partial charge on any atom is 0.326 e. The van der Waals surface area contributed by atoms with Crippen LogP contribution in [-0.2, 0) is 28.9 Å². The normalized spacial score (nSPS) is 16.2. The maximum absolute atomic E-state index is 14.2. The summed E-state index contributed by atoms with van der Waals surface area (Å²) < 4.78 is 21.3. The molecule has 1 amide bonds. The number of nitrogens with zero attached hydrogens (tertiary/aromatic N) is 2. The molecule has 0 aliphatic heterocycles. The van der Waals surface area contributed by atoms with E-state index in [1.807, 2.05) is 42.8 Å². The molecule has 1 heterocycles. The highest BCUT2D eigenvalue weighted by atomic mass is 19.1. The summed E-state index contributed by atoms with van der Waals surface area (Å²) in [6.45, 7) is 1.85. The van der Waals surface area contributed by atoms with Gasteiger partial charge in [0, 0.05) is 36.1 Å². The highest BCUT2D eigenvalue weighted by Crippen LogP contribution is 2.37. The van der Waals surface area contributed by atoms with Gasteiger partial charge in [0.2, 0.25) is 5.91 Å². The van der Waals surface area contributed by atoms with Crippen LogP contribution in [0.2, 0.25) is 0 Å². The summed E-state index contributed by atoms with van der Waals surface area (Å²) in [5.41, 5.74) is 3.69. The van der Waals surface area contributed by atoms with Crippen LogP contribution in [0.5, 0.6) is 5.75 Å². The van der Waals surface area contributed by atoms with Crippen molar-refractivity contribution in [1.82, 2.24) is 9.47 Å². The third-order valence-electron chi connectivity index (χ3n) is 7.02. The van der Waals surface area contributed by atoms with Crippen LogP contribution in [0.4, 0.5) is 4.39 Å². The van der Waals surface area contributed by atoms with Gasteiger partial charge in [0.1, 0.15) is 17.6 Å². The van der Waals surface area contributed by atoms with Crippen LogP contribution >= 0.6 is 0 Å². The lowest BCUT2D eigenvalue weighted by Crippen LogP contribution is -2.41. The molecule has 7 heteroatoms. The van der Waals surface area contributed by atoms with E-state index in [4.69, 9.17) is 4.74 Å². The van der Waals surface area contributed by atoms with Gasteiger partial charge in [-0.3, -0.25) is 4.79 Å². The molecule has 0 bridgehead atoms. The smallest absolute Gasteiger partial charge is 0.326 e. The highest BCUT2D eigenvalue weighted by Gasteiger charge is 2.32. The number of halogens is 1. The summed E-state index contributed by atoms with van der Waals surface area (Å²) in [5, 5.41) is 10.6. The molecule has 6 nitrogen and oxygen atoms in total. The molecule has 2 aromatic carbocycles. The third kappa shape index (κ3) is 4.52. The average molecular weight is 467 g/mol. The van der Waals surface area contributed by atoms with Gasteiger partial charge in [-0.2, -0.15) is 0 Å². The number of hydrogen-bond acceptors (Lipinski definition) is 3. The Morgan fingerprint density at radius 2 is 2.06 bits per heavy atom. The van der Waals surface area contributed by atoms with E-state index in [0.29, 0.717) is 32.1 Å². The minimum Gasteiger partial charge on any atom is -0.497 e. The Balaban J connectivity index is 1.56. The molecule has 0 radical (unpaired) electrons. The van der Waals surface area contributed by atoms with Crippen molar-refractivity contribution in [2.45, 2.75) is 57.5 Å². The minimum absolute atomic E-state index is 0.0162. The van der Waals surface area contributed by atoms with Gasteiger partial charge < -0.3 is 19.3 Å². The predicted octanol–water partition coefficient (Wildman–Crippen LogP) is 4.77. The van der Waals surface area contributed by atoms with Crippen LogP contribution in [0.3, 0.4) is 0 Å². The van der Waals surface area contributed by atoms with Crippen molar-refractivity contribution in [3.63, 3.8) is 0 Å². The second-order valence-electron chi connectivity index (χ2n) is 8.97. The quantitative estimate of drug-likeness (QED) is 0.519. The number of benzene rings is 2. The zero-order valence-electron chi connectivity index (χ0n) is 19.9. The molecule has 1 N–H and O–H groups in total. The number of amides is 1. The van der Waals surface area contributed by atoms with E-state index in [0.717, 1.165) is 39.9 Å². The van der Waals surface area contributed by atoms with E-state index in [1.165, 1.54) is 12.1 Å². The number of carboxylic acid groups (broad SMARTS) is 1. The van der Waals surface area contributed by atoms with Gasteiger partial charge in [0.05, 0.1) is 7.11 Å². The lowest BCUT2D eigenvalue weighted by atomic mass is 9.90. The Kier molecular flexibility index (Phi) is 6.91. The minimum atomic E-state index is -0.890. The lowest BCUT2D eigenvalue weighted by molar-refractivity contribution is -0.141. The van der Waals surface area contributed by atoms with Crippen LogP contribution in [0, 0.1) is 5.82 Å². The monoisotopic (exact) mass is 466 g/mol.